The molecule has 4 atom stereocenters. The molecule has 0 aliphatic carbocycles. The van der Waals surface area contributed by atoms with Gasteiger partial charge in [0, 0.05) is 23.7 Å². The average molecular weight is 372 g/mol. The Balaban J connectivity index is 2.03. The Hall–Kier alpha value is -1.22. The van der Waals surface area contributed by atoms with Gasteiger partial charge in [-0.05, 0) is 25.7 Å². The number of hydrogen-bond acceptors (Lipinski definition) is 6. The molecule has 2 fully saturated rings. The molecule has 2 aliphatic heterocycles. The molecule has 0 bridgehead atoms. The molecule has 0 saturated carbocycles. The maximum Gasteiger partial charge on any atom is 0.220 e. The standard InChI is InChI=1S/C18H32N2O6/c1-3-12(15(19)21)9-14(18-25-6-7-26-18)10-13(16(20)22)8-11(2)17-23-4-5-24-17/h11-14,17-18H,3-10H2,1-2H3,(H2,19,21)(H2,20,22). The third kappa shape index (κ3) is 5.90. The number of amides is 2. The highest BCUT2D eigenvalue weighted by molar-refractivity contribution is 5.77. The minimum Gasteiger partial charge on any atom is -0.369 e. The summed E-state index contributed by atoms with van der Waals surface area (Å²) in [5, 5.41) is 0. The van der Waals surface area contributed by atoms with Gasteiger partial charge in [-0.15, -0.1) is 0 Å². The number of carbonyl (C=O) groups is 2. The first-order valence-electron chi connectivity index (χ1n) is 9.47. The van der Waals surface area contributed by atoms with Crippen molar-refractivity contribution in [3.8, 4) is 0 Å². The van der Waals surface area contributed by atoms with Crippen LogP contribution >= 0.6 is 0 Å². The zero-order chi connectivity index (χ0) is 19.1. The number of nitrogens with two attached hydrogens (primary N) is 2. The van der Waals surface area contributed by atoms with Crippen LogP contribution in [0, 0.1) is 23.7 Å². The fraction of sp³-hybridized carbons (Fsp3) is 0.889. The maximum atomic E-state index is 12.1. The topological polar surface area (TPSA) is 123 Å². The summed E-state index contributed by atoms with van der Waals surface area (Å²) in [6.45, 7) is 6.07. The maximum absolute atomic E-state index is 12.1. The Morgan fingerprint density at radius 3 is 1.77 bits per heavy atom. The van der Waals surface area contributed by atoms with Gasteiger partial charge in [-0.3, -0.25) is 9.59 Å². The normalized spacial score (nSPS) is 23.6. The third-order valence-corrected chi connectivity index (χ3v) is 5.27. The van der Waals surface area contributed by atoms with Crippen molar-refractivity contribution in [1.82, 2.24) is 0 Å². The molecule has 2 heterocycles. The summed E-state index contributed by atoms with van der Waals surface area (Å²) in [4.78, 5) is 23.7. The van der Waals surface area contributed by atoms with Crippen LogP contribution in [0.15, 0.2) is 0 Å². The van der Waals surface area contributed by atoms with Crippen molar-refractivity contribution in [3.63, 3.8) is 0 Å². The van der Waals surface area contributed by atoms with E-state index in [1.807, 2.05) is 13.8 Å². The van der Waals surface area contributed by atoms with Gasteiger partial charge < -0.3 is 30.4 Å². The van der Waals surface area contributed by atoms with Crippen molar-refractivity contribution in [1.29, 1.82) is 0 Å². The summed E-state index contributed by atoms with van der Waals surface area (Å²) >= 11 is 0. The molecule has 8 heteroatoms. The van der Waals surface area contributed by atoms with Crippen LogP contribution in [0.1, 0.15) is 39.5 Å². The predicted octanol–water partition coefficient (Wildman–Crippen LogP) is 0.768. The molecule has 8 nitrogen and oxygen atoms in total. The van der Waals surface area contributed by atoms with E-state index >= 15 is 0 Å². The van der Waals surface area contributed by atoms with Crippen molar-refractivity contribution in [2.75, 3.05) is 26.4 Å². The molecule has 0 aromatic carbocycles. The zero-order valence-corrected chi connectivity index (χ0v) is 15.7. The monoisotopic (exact) mass is 372 g/mol. The van der Waals surface area contributed by atoms with Gasteiger partial charge in [0.15, 0.2) is 12.6 Å². The first-order valence-corrected chi connectivity index (χ1v) is 9.47. The molecule has 0 radical (unpaired) electrons. The van der Waals surface area contributed by atoms with Crippen LogP contribution in [0.5, 0.6) is 0 Å². The Kier molecular flexibility index (Phi) is 8.27. The second-order valence-corrected chi connectivity index (χ2v) is 7.27. The Bertz CT molecular complexity index is 463. The Morgan fingerprint density at radius 1 is 0.846 bits per heavy atom. The second-order valence-electron chi connectivity index (χ2n) is 7.27. The number of ether oxygens (including phenoxy) is 4. The number of carbonyl (C=O) groups excluding carboxylic acids is 2. The molecule has 4 unspecified atom stereocenters. The number of rotatable bonds is 11. The lowest BCUT2D eigenvalue weighted by Gasteiger charge is -2.29. The summed E-state index contributed by atoms with van der Waals surface area (Å²) in [7, 11) is 0. The van der Waals surface area contributed by atoms with E-state index in [-0.39, 0.29) is 41.8 Å². The van der Waals surface area contributed by atoms with E-state index in [2.05, 4.69) is 0 Å². The molecule has 0 aromatic heterocycles. The minimum atomic E-state index is -0.431. The van der Waals surface area contributed by atoms with Gasteiger partial charge in [-0.2, -0.15) is 0 Å². The van der Waals surface area contributed by atoms with E-state index < -0.39 is 6.29 Å². The van der Waals surface area contributed by atoms with Gasteiger partial charge in [0.05, 0.1) is 26.4 Å². The second kappa shape index (κ2) is 10.2. The lowest BCUT2D eigenvalue weighted by molar-refractivity contribution is -0.131. The smallest absolute Gasteiger partial charge is 0.220 e. The number of hydrogen-bond donors (Lipinski definition) is 2. The van der Waals surface area contributed by atoms with Crippen molar-refractivity contribution in [3.05, 3.63) is 0 Å². The van der Waals surface area contributed by atoms with Gasteiger partial charge in [0.25, 0.3) is 0 Å². The fourth-order valence-electron chi connectivity index (χ4n) is 3.78. The first kappa shape index (κ1) is 21.1. The van der Waals surface area contributed by atoms with Crippen LogP contribution in [0.4, 0.5) is 0 Å². The summed E-state index contributed by atoms with van der Waals surface area (Å²) in [5.74, 6) is -1.44. The van der Waals surface area contributed by atoms with E-state index in [1.54, 1.807) is 0 Å². The van der Waals surface area contributed by atoms with E-state index in [0.29, 0.717) is 52.1 Å². The van der Waals surface area contributed by atoms with Crippen molar-refractivity contribution < 1.29 is 28.5 Å². The summed E-state index contributed by atoms with van der Waals surface area (Å²) in [6.07, 6.45) is 1.46. The van der Waals surface area contributed by atoms with Crippen LogP contribution in [0.3, 0.4) is 0 Å². The van der Waals surface area contributed by atoms with Gasteiger partial charge >= 0.3 is 0 Å². The van der Waals surface area contributed by atoms with Crippen LogP contribution in [0.2, 0.25) is 0 Å². The van der Waals surface area contributed by atoms with Gasteiger partial charge in [-0.1, -0.05) is 13.8 Å². The minimum absolute atomic E-state index is 0.0409. The van der Waals surface area contributed by atoms with Crippen LogP contribution in [-0.2, 0) is 28.5 Å². The predicted molar refractivity (Wildman–Crippen MR) is 93.5 cm³/mol. The average Bonchev–Trinajstić information content (AvgIpc) is 3.30. The Morgan fingerprint density at radius 2 is 1.31 bits per heavy atom. The first-order chi connectivity index (χ1) is 12.4. The molecule has 2 rings (SSSR count). The lowest BCUT2D eigenvalue weighted by atomic mass is 9.81. The molecule has 2 saturated heterocycles. The van der Waals surface area contributed by atoms with E-state index in [1.165, 1.54) is 0 Å². The summed E-state index contributed by atoms with van der Waals surface area (Å²) < 4.78 is 22.4. The molecule has 2 amide bonds. The van der Waals surface area contributed by atoms with Crippen molar-refractivity contribution in [2.45, 2.75) is 52.1 Å². The molecular formula is C18H32N2O6. The molecule has 0 aromatic rings. The molecular weight excluding hydrogens is 340 g/mol. The SMILES string of the molecule is CCC(CC(CC(CC(C)C1OCCO1)C(N)=O)C1OCCO1)C(N)=O. The molecule has 4 N–H and O–H groups in total. The Labute approximate surface area is 154 Å². The van der Waals surface area contributed by atoms with Crippen molar-refractivity contribution >= 4 is 11.8 Å². The van der Waals surface area contributed by atoms with Gasteiger partial charge in [0.2, 0.25) is 11.8 Å². The highest BCUT2D eigenvalue weighted by Crippen LogP contribution is 2.32. The van der Waals surface area contributed by atoms with Gasteiger partial charge in [-0.25, -0.2) is 0 Å². The zero-order valence-electron chi connectivity index (χ0n) is 15.7. The van der Waals surface area contributed by atoms with Crippen LogP contribution in [0.25, 0.3) is 0 Å². The molecule has 26 heavy (non-hydrogen) atoms. The third-order valence-electron chi connectivity index (χ3n) is 5.27. The molecule has 150 valence electrons. The molecule has 2 aliphatic rings. The van der Waals surface area contributed by atoms with Crippen LogP contribution in [-0.4, -0.2) is 50.8 Å². The van der Waals surface area contributed by atoms with Gasteiger partial charge in [0.1, 0.15) is 0 Å². The largest absolute Gasteiger partial charge is 0.369 e. The number of primary amides is 2. The highest BCUT2D eigenvalue weighted by atomic mass is 16.7. The van der Waals surface area contributed by atoms with E-state index in [9.17, 15) is 9.59 Å². The lowest BCUT2D eigenvalue weighted by Crippen LogP contribution is -2.35. The van der Waals surface area contributed by atoms with E-state index in [4.69, 9.17) is 30.4 Å². The quantitative estimate of drug-likeness (QED) is 0.552. The summed E-state index contributed by atoms with van der Waals surface area (Å²) in [5.41, 5.74) is 11.2. The molecule has 0 spiro atoms. The summed E-state index contributed by atoms with van der Waals surface area (Å²) in [6, 6.07) is 0. The van der Waals surface area contributed by atoms with E-state index in [0.717, 1.165) is 0 Å². The highest BCUT2D eigenvalue weighted by Gasteiger charge is 2.35. The fourth-order valence-corrected chi connectivity index (χ4v) is 3.78. The van der Waals surface area contributed by atoms with Crippen molar-refractivity contribution in [2.24, 2.45) is 35.1 Å². The van der Waals surface area contributed by atoms with Crippen LogP contribution < -0.4 is 11.5 Å².